The summed E-state index contributed by atoms with van der Waals surface area (Å²) in [7, 11) is 1.73. The Kier molecular flexibility index (Phi) is 7.27. The molecule has 0 saturated heterocycles. The van der Waals surface area contributed by atoms with Crippen molar-refractivity contribution in [2.45, 2.75) is 64.7 Å². The second kappa shape index (κ2) is 10.1. The number of hydrogen-bond donors (Lipinski definition) is 1. The van der Waals surface area contributed by atoms with Crippen LogP contribution in [0.3, 0.4) is 0 Å². The summed E-state index contributed by atoms with van der Waals surface area (Å²) in [5.41, 5.74) is 5.16. The van der Waals surface area contributed by atoms with Crippen molar-refractivity contribution in [1.29, 1.82) is 0 Å². The van der Waals surface area contributed by atoms with E-state index in [4.69, 9.17) is 9.47 Å². The van der Waals surface area contributed by atoms with Gasteiger partial charge >= 0.3 is 0 Å². The van der Waals surface area contributed by atoms with E-state index in [1.165, 1.54) is 22.5 Å². The van der Waals surface area contributed by atoms with Gasteiger partial charge in [-0.3, -0.25) is 4.79 Å². The Morgan fingerprint density at radius 3 is 2.34 bits per heavy atom. The molecule has 35 heavy (non-hydrogen) atoms. The maximum absolute atomic E-state index is 12.9. The van der Waals surface area contributed by atoms with Crippen LogP contribution in [-0.2, 0) is 17.3 Å². The molecule has 0 spiro atoms. The van der Waals surface area contributed by atoms with Crippen molar-refractivity contribution < 1.29 is 14.3 Å². The fourth-order valence-electron chi connectivity index (χ4n) is 4.96. The van der Waals surface area contributed by atoms with Gasteiger partial charge < -0.3 is 14.8 Å². The lowest BCUT2D eigenvalue weighted by Crippen LogP contribution is -2.33. The molecule has 1 aliphatic rings. The largest absolute Gasteiger partial charge is 0.496 e. The highest BCUT2D eigenvalue weighted by Crippen LogP contribution is 2.49. The maximum Gasteiger partial charge on any atom is 0.261 e. The van der Waals surface area contributed by atoms with E-state index in [0.29, 0.717) is 18.0 Å². The molecule has 0 bridgehead atoms. The summed E-state index contributed by atoms with van der Waals surface area (Å²) in [6.45, 7) is 12.5. The average molecular weight is 492 g/mol. The number of fused-ring (bicyclic) bond motifs is 1. The second-order valence-electron chi connectivity index (χ2n) is 10.6. The summed E-state index contributed by atoms with van der Waals surface area (Å²) in [6, 6.07) is 16.5. The lowest BCUT2D eigenvalue weighted by atomic mass is 9.63. The van der Waals surface area contributed by atoms with Gasteiger partial charge in [-0.2, -0.15) is 0 Å². The van der Waals surface area contributed by atoms with Crippen LogP contribution in [0.25, 0.3) is 10.4 Å². The van der Waals surface area contributed by atoms with Gasteiger partial charge in [-0.15, -0.1) is 11.3 Å². The Labute approximate surface area is 213 Å². The number of methoxy groups -OCH3 is 1. The zero-order chi connectivity index (χ0) is 25.2. The van der Waals surface area contributed by atoms with E-state index in [-0.39, 0.29) is 16.7 Å². The Bertz CT molecular complexity index is 1210. The van der Waals surface area contributed by atoms with E-state index in [1.807, 2.05) is 43.3 Å². The molecule has 0 fully saturated rings. The Balaban J connectivity index is 1.53. The third-order valence-electron chi connectivity index (χ3n) is 7.22. The molecule has 5 heteroatoms. The predicted octanol–water partition coefficient (Wildman–Crippen LogP) is 7.14. The van der Waals surface area contributed by atoms with E-state index in [2.05, 4.69) is 45.1 Å². The van der Waals surface area contributed by atoms with Crippen LogP contribution in [0.5, 0.6) is 11.5 Å². The van der Waals surface area contributed by atoms with Crippen LogP contribution in [0.15, 0.2) is 48.5 Å². The third kappa shape index (κ3) is 5.25. The minimum atomic E-state index is -0.0477. The fourth-order valence-corrected chi connectivity index (χ4v) is 5.91. The highest BCUT2D eigenvalue weighted by atomic mass is 32.1. The average Bonchev–Trinajstić information content (AvgIpc) is 3.33. The van der Waals surface area contributed by atoms with Crippen LogP contribution in [0, 0.1) is 0 Å². The molecule has 0 radical (unpaired) electrons. The number of carbonyl (C=O) groups is 1. The number of rotatable bonds is 8. The SMILES string of the molecule is CCOc1ccccc1CCNC(=O)c1ccc(-c2cc3c(cc2OC)C(C)(C)CCC3(C)C)s1. The molecule has 186 valence electrons. The smallest absolute Gasteiger partial charge is 0.261 e. The van der Waals surface area contributed by atoms with Crippen LogP contribution in [0.2, 0.25) is 0 Å². The summed E-state index contributed by atoms with van der Waals surface area (Å²) in [6.07, 6.45) is 3.04. The van der Waals surface area contributed by atoms with Gasteiger partial charge in [0, 0.05) is 17.0 Å². The molecule has 1 aliphatic carbocycles. The highest BCUT2D eigenvalue weighted by Gasteiger charge is 2.38. The number of ether oxygens (including phenoxy) is 2. The minimum absolute atomic E-state index is 0.0477. The molecule has 4 nitrogen and oxygen atoms in total. The van der Waals surface area contributed by atoms with Crippen molar-refractivity contribution in [3.63, 3.8) is 0 Å². The number of hydrogen-bond acceptors (Lipinski definition) is 4. The van der Waals surface area contributed by atoms with Crippen LogP contribution in [-0.4, -0.2) is 26.2 Å². The van der Waals surface area contributed by atoms with Crippen molar-refractivity contribution in [1.82, 2.24) is 5.32 Å². The monoisotopic (exact) mass is 491 g/mol. The van der Waals surface area contributed by atoms with E-state index < -0.39 is 0 Å². The summed E-state index contributed by atoms with van der Waals surface area (Å²) in [4.78, 5) is 14.7. The van der Waals surface area contributed by atoms with E-state index in [9.17, 15) is 4.79 Å². The number of carbonyl (C=O) groups excluding carboxylic acids is 1. The molecule has 2 aromatic carbocycles. The Morgan fingerprint density at radius 1 is 0.971 bits per heavy atom. The number of amides is 1. The Morgan fingerprint density at radius 2 is 1.66 bits per heavy atom. The molecule has 0 unspecified atom stereocenters. The van der Waals surface area contributed by atoms with E-state index in [0.717, 1.165) is 46.8 Å². The lowest BCUT2D eigenvalue weighted by molar-refractivity contribution is 0.0958. The van der Waals surface area contributed by atoms with Crippen molar-refractivity contribution in [3.8, 4) is 21.9 Å². The molecule has 3 aromatic rings. The fraction of sp³-hybridized carbons (Fsp3) is 0.433. The van der Waals surface area contributed by atoms with Gasteiger partial charge in [0.25, 0.3) is 5.91 Å². The molecule has 1 amide bonds. The molecule has 4 rings (SSSR count). The highest BCUT2D eigenvalue weighted by molar-refractivity contribution is 7.17. The van der Waals surface area contributed by atoms with Crippen molar-refractivity contribution in [3.05, 3.63) is 70.1 Å². The molecule has 1 N–H and O–H groups in total. The van der Waals surface area contributed by atoms with Crippen LogP contribution in [0.4, 0.5) is 0 Å². The van der Waals surface area contributed by atoms with Crippen LogP contribution in [0.1, 0.15) is 73.8 Å². The van der Waals surface area contributed by atoms with Gasteiger partial charge in [-0.05, 0) is 84.0 Å². The number of thiophene rings is 1. The number of nitrogens with one attached hydrogen (secondary N) is 1. The van der Waals surface area contributed by atoms with Gasteiger partial charge in [-0.1, -0.05) is 45.9 Å². The topological polar surface area (TPSA) is 47.6 Å². The molecule has 0 aliphatic heterocycles. The van der Waals surface area contributed by atoms with Gasteiger partial charge in [0.05, 0.1) is 18.6 Å². The lowest BCUT2D eigenvalue weighted by Gasteiger charge is -2.42. The van der Waals surface area contributed by atoms with Crippen LogP contribution >= 0.6 is 11.3 Å². The quantitative estimate of drug-likeness (QED) is 0.364. The molecule has 0 saturated carbocycles. The zero-order valence-corrected chi connectivity index (χ0v) is 22.6. The van der Waals surface area contributed by atoms with Gasteiger partial charge in [-0.25, -0.2) is 0 Å². The van der Waals surface area contributed by atoms with Crippen molar-refractivity contribution in [2.75, 3.05) is 20.3 Å². The molecule has 0 atom stereocenters. The predicted molar refractivity (Wildman–Crippen MR) is 145 cm³/mol. The van der Waals surface area contributed by atoms with E-state index in [1.54, 1.807) is 7.11 Å². The zero-order valence-electron chi connectivity index (χ0n) is 21.8. The van der Waals surface area contributed by atoms with Gasteiger partial charge in [0.15, 0.2) is 0 Å². The van der Waals surface area contributed by atoms with Gasteiger partial charge in [0.2, 0.25) is 0 Å². The molecular weight excluding hydrogens is 454 g/mol. The summed E-state index contributed by atoms with van der Waals surface area (Å²) in [5, 5.41) is 3.07. The van der Waals surface area contributed by atoms with Crippen molar-refractivity contribution >= 4 is 17.2 Å². The first-order valence-corrected chi connectivity index (χ1v) is 13.3. The van der Waals surface area contributed by atoms with Gasteiger partial charge in [0.1, 0.15) is 11.5 Å². The molecular formula is C30H37NO3S. The minimum Gasteiger partial charge on any atom is -0.496 e. The summed E-state index contributed by atoms with van der Waals surface area (Å²) in [5.74, 6) is 1.71. The standard InChI is InChI=1S/C30H37NO3S/c1-7-34-24-11-9-8-10-20(24)14-17-31-28(32)27-13-12-26(35-27)21-18-22-23(19-25(21)33-6)30(4,5)16-15-29(22,2)3/h8-13,18-19H,7,14-17H2,1-6H3,(H,31,32). The first-order chi connectivity index (χ1) is 16.7. The first kappa shape index (κ1) is 25.3. The third-order valence-corrected chi connectivity index (χ3v) is 8.34. The second-order valence-corrected chi connectivity index (χ2v) is 11.7. The van der Waals surface area contributed by atoms with E-state index >= 15 is 0 Å². The maximum atomic E-state index is 12.9. The van der Waals surface area contributed by atoms with Crippen molar-refractivity contribution in [2.24, 2.45) is 0 Å². The molecule has 1 heterocycles. The normalized spacial score (nSPS) is 15.8. The number of benzene rings is 2. The molecule has 1 aromatic heterocycles. The Hall–Kier alpha value is -2.79. The first-order valence-electron chi connectivity index (χ1n) is 12.5. The van der Waals surface area contributed by atoms with Crippen LogP contribution < -0.4 is 14.8 Å². The summed E-state index contributed by atoms with van der Waals surface area (Å²) < 4.78 is 11.5. The summed E-state index contributed by atoms with van der Waals surface area (Å²) >= 11 is 1.52. The number of para-hydroxylation sites is 1.